The van der Waals surface area contributed by atoms with Crippen LogP contribution < -0.4 is 10.6 Å². The summed E-state index contributed by atoms with van der Waals surface area (Å²) in [6.45, 7) is 1.33. The maximum atomic E-state index is 13.1. The molecule has 0 unspecified atom stereocenters. The largest absolute Gasteiger partial charge is 0.352 e. The van der Waals surface area contributed by atoms with Crippen LogP contribution in [0.4, 0.5) is 19.1 Å². The Labute approximate surface area is 168 Å². The van der Waals surface area contributed by atoms with Gasteiger partial charge in [0.1, 0.15) is 12.1 Å². The SMILES string of the molecule is O=c1nc(N2CC=C(c3ccc(F)cc3)CC2)ncn1Cc1ccc(C(F)F)s1. The molecule has 0 N–H and O–H groups in total. The highest BCUT2D eigenvalue weighted by atomic mass is 32.1. The molecule has 3 heterocycles. The Balaban J connectivity index is 1.45. The summed E-state index contributed by atoms with van der Waals surface area (Å²) in [5.41, 5.74) is 1.61. The van der Waals surface area contributed by atoms with Crippen molar-refractivity contribution in [1.29, 1.82) is 0 Å². The number of halogens is 3. The Morgan fingerprint density at radius 3 is 2.55 bits per heavy atom. The van der Waals surface area contributed by atoms with Crippen molar-refractivity contribution in [1.82, 2.24) is 14.5 Å². The first-order valence-corrected chi connectivity index (χ1v) is 9.81. The summed E-state index contributed by atoms with van der Waals surface area (Å²) >= 11 is 0.969. The van der Waals surface area contributed by atoms with Crippen molar-refractivity contribution in [2.75, 3.05) is 18.0 Å². The molecule has 2 aromatic heterocycles. The van der Waals surface area contributed by atoms with E-state index in [1.165, 1.54) is 29.1 Å². The van der Waals surface area contributed by atoms with Gasteiger partial charge in [0.25, 0.3) is 6.43 Å². The van der Waals surface area contributed by atoms with Gasteiger partial charge in [0, 0.05) is 18.0 Å². The molecule has 0 bridgehead atoms. The summed E-state index contributed by atoms with van der Waals surface area (Å²) in [6.07, 6.45) is 1.62. The molecule has 9 heteroatoms. The highest BCUT2D eigenvalue weighted by molar-refractivity contribution is 7.12. The average Bonchev–Trinajstić information content (AvgIpc) is 3.19. The summed E-state index contributed by atoms with van der Waals surface area (Å²) in [4.78, 5) is 23.2. The maximum Gasteiger partial charge on any atom is 0.352 e. The molecule has 3 aromatic rings. The molecule has 1 aliphatic heterocycles. The van der Waals surface area contributed by atoms with Crippen molar-refractivity contribution in [2.45, 2.75) is 19.4 Å². The third kappa shape index (κ3) is 4.40. The molecule has 0 amide bonds. The van der Waals surface area contributed by atoms with Crippen molar-refractivity contribution in [3.8, 4) is 0 Å². The molecule has 0 aliphatic carbocycles. The minimum atomic E-state index is -2.52. The van der Waals surface area contributed by atoms with E-state index in [1.54, 1.807) is 18.2 Å². The van der Waals surface area contributed by atoms with Crippen LogP contribution >= 0.6 is 11.3 Å². The van der Waals surface area contributed by atoms with E-state index in [1.807, 2.05) is 11.0 Å². The number of hydrogen-bond acceptors (Lipinski definition) is 5. The molecule has 0 fully saturated rings. The summed E-state index contributed by atoms with van der Waals surface area (Å²) in [5, 5.41) is 0. The number of anilines is 1. The molecule has 5 nitrogen and oxygen atoms in total. The van der Waals surface area contributed by atoms with Crippen molar-refractivity contribution >= 4 is 22.9 Å². The first-order valence-electron chi connectivity index (χ1n) is 9.00. The predicted molar refractivity (Wildman–Crippen MR) is 106 cm³/mol. The molecular formula is C20H17F3N4OS. The van der Waals surface area contributed by atoms with E-state index in [2.05, 4.69) is 9.97 Å². The van der Waals surface area contributed by atoms with Gasteiger partial charge in [-0.05, 0) is 41.8 Å². The first-order chi connectivity index (χ1) is 14.0. The molecule has 1 aliphatic rings. The van der Waals surface area contributed by atoms with Crippen LogP contribution in [-0.4, -0.2) is 27.6 Å². The average molecular weight is 418 g/mol. The second-order valence-corrected chi connectivity index (χ2v) is 7.80. The van der Waals surface area contributed by atoms with Crippen LogP contribution in [0.5, 0.6) is 0 Å². The molecule has 0 saturated carbocycles. The Morgan fingerprint density at radius 1 is 1.14 bits per heavy atom. The number of benzene rings is 1. The van der Waals surface area contributed by atoms with Gasteiger partial charge in [-0.2, -0.15) is 4.98 Å². The van der Waals surface area contributed by atoms with Gasteiger partial charge >= 0.3 is 5.69 Å². The second-order valence-electron chi connectivity index (χ2n) is 6.60. The quantitative estimate of drug-likeness (QED) is 0.626. The van der Waals surface area contributed by atoms with E-state index in [4.69, 9.17) is 0 Å². The monoisotopic (exact) mass is 418 g/mol. The van der Waals surface area contributed by atoms with Crippen LogP contribution in [-0.2, 0) is 6.54 Å². The molecule has 0 radical (unpaired) electrons. The van der Waals surface area contributed by atoms with E-state index in [0.717, 1.165) is 28.9 Å². The third-order valence-electron chi connectivity index (χ3n) is 4.68. The van der Waals surface area contributed by atoms with Gasteiger partial charge in [-0.25, -0.2) is 22.9 Å². The molecule has 150 valence electrons. The zero-order chi connectivity index (χ0) is 20.4. The fourth-order valence-corrected chi connectivity index (χ4v) is 4.02. The second kappa shape index (κ2) is 8.20. The van der Waals surface area contributed by atoms with Gasteiger partial charge in [-0.1, -0.05) is 18.2 Å². The minimum absolute atomic E-state index is 0.0253. The number of aromatic nitrogens is 3. The Hall–Kier alpha value is -2.94. The molecule has 4 rings (SSSR count). The zero-order valence-corrected chi connectivity index (χ0v) is 16.1. The highest BCUT2D eigenvalue weighted by Crippen LogP contribution is 2.27. The summed E-state index contributed by atoms with van der Waals surface area (Å²) in [5.74, 6) is 0.0637. The maximum absolute atomic E-state index is 13.1. The molecular weight excluding hydrogens is 401 g/mol. The Kier molecular flexibility index (Phi) is 5.48. The molecule has 0 spiro atoms. The molecule has 0 saturated heterocycles. The van der Waals surface area contributed by atoms with E-state index in [-0.39, 0.29) is 17.2 Å². The number of nitrogens with zero attached hydrogens (tertiary/aromatic N) is 4. The first kappa shape index (κ1) is 19.4. The smallest absolute Gasteiger partial charge is 0.337 e. The summed E-state index contributed by atoms with van der Waals surface area (Å²) in [7, 11) is 0. The van der Waals surface area contributed by atoms with E-state index in [0.29, 0.717) is 23.9 Å². The van der Waals surface area contributed by atoms with Gasteiger partial charge in [-0.15, -0.1) is 11.3 Å². The fraction of sp³-hybridized carbons (Fsp3) is 0.250. The fourth-order valence-electron chi connectivity index (χ4n) is 3.15. The standard InChI is InChI=1S/C20H17F3N4OS/c21-15-3-1-13(2-4-15)14-7-9-26(10-8-14)19-24-12-27(20(28)25-19)11-16-5-6-17(29-16)18(22)23/h1-7,12,18H,8-11H2. The lowest BCUT2D eigenvalue weighted by atomic mass is 10.00. The van der Waals surface area contributed by atoms with Crippen LogP contribution in [0, 0.1) is 5.82 Å². The molecule has 0 atom stereocenters. The van der Waals surface area contributed by atoms with E-state index in [9.17, 15) is 18.0 Å². The van der Waals surface area contributed by atoms with Gasteiger partial charge < -0.3 is 4.90 Å². The zero-order valence-electron chi connectivity index (χ0n) is 15.3. The van der Waals surface area contributed by atoms with Crippen LogP contribution in [0.3, 0.4) is 0 Å². The summed E-state index contributed by atoms with van der Waals surface area (Å²) in [6, 6.07) is 9.31. The van der Waals surface area contributed by atoms with Crippen LogP contribution in [0.15, 0.2) is 53.6 Å². The topological polar surface area (TPSA) is 51.0 Å². The lowest BCUT2D eigenvalue weighted by molar-refractivity contribution is 0.155. The molecule has 1 aromatic carbocycles. The number of hydrogen-bond donors (Lipinski definition) is 0. The van der Waals surface area contributed by atoms with Crippen molar-refractivity contribution in [3.05, 3.63) is 80.4 Å². The highest BCUT2D eigenvalue weighted by Gasteiger charge is 2.17. The molecule has 29 heavy (non-hydrogen) atoms. The van der Waals surface area contributed by atoms with Crippen molar-refractivity contribution in [3.63, 3.8) is 0 Å². The Morgan fingerprint density at radius 2 is 1.93 bits per heavy atom. The van der Waals surface area contributed by atoms with Gasteiger partial charge in [0.15, 0.2) is 0 Å². The lowest BCUT2D eigenvalue weighted by Gasteiger charge is -2.26. The third-order valence-corrected chi connectivity index (χ3v) is 5.76. The van der Waals surface area contributed by atoms with Gasteiger partial charge in [0.2, 0.25) is 5.95 Å². The van der Waals surface area contributed by atoms with Gasteiger partial charge in [0.05, 0.1) is 11.4 Å². The van der Waals surface area contributed by atoms with Crippen molar-refractivity contribution in [2.24, 2.45) is 0 Å². The van der Waals surface area contributed by atoms with Gasteiger partial charge in [-0.3, -0.25) is 4.57 Å². The Bertz CT molecular complexity index is 1090. The predicted octanol–water partition coefficient (Wildman–Crippen LogP) is 4.12. The van der Waals surface area contributed by atoms with E-state index < -0.39 is 12.1 Å². The van der Waals surface area contributed by atoms with E-state index >= 15 is 0 Å². The minimum Gasteiger partial charge on any atom is -0.337 e. The van der Waals surface area contributed by atoms with Crippen LogP contribution in [0.25, 0.3) is 5.57 Å². The van der Waals surface area contributed by atoms with Crippen molar-refractivity contribution < 1.29 is 13.2 Å². The lowest BCUT2D eigenvalue weighted by Crippen LogP contribution is -2.33. The van der Waals surface area contributed by atoms with Crippen LogP contribution in [0.2, 0.25) is 0 Å². The normalized spacial score (nSPS) is 14.3. The number of rotatable bonds is 5. The summed E-state index contributed by atoms with van der Waals surface area (Å²) < 4.78 is 39.8. The van der Waals surface area contributed by atoms with Crippen LogP contribution in [0.1, 0.15) is 28.2 Å². The number of alkyl halides is 2. The number of thiophene rings is 1.